The Bertz CT molecular complexity index is 297. The largest absolute Gasteiger partial charge is 0.373 e. The molecule has 0 aromatic heterocycles. The van der Waals surface area contributed by atoms with E-state index in [2.05, 4.69) is 0 Å². The Morgan fingerprint density at radius 1 is 1.58 bits per heavy atom. The second-order valence-corrected chi connectivity index (χ2v) is 3.32. The first-order valence-corrected chi connectivity index (χ1v) is 4.19. The van der Waals surface area contributed by atoms with Crippen molar-refractivity contribution in [2.45, 2.75) is 12.5 Å². The third kappa shape index (κ3) is 1.76. The third-order valence-electron chi connectivity index (χ3n) is 1.85. The summed E-state index contributed by atoms with van der Waals surface area (Å²) < 4.78 is 17.7. The van der Waals surface area contributed by atoms with E-state index in [1.165, 1.54) is 6.07 Å². The lowest BCUT2D eigenvalue weighted by Crippen LogP contribution is -1.93. The van der Waals surface area contributed by atoms with E-state index >= 15 is 0 Å². The molecule has 0 saturated carbocycles. The van der Waals surface area contributed by atoms with Crippen LogP contribution in [-0.4, -0.2) is 12.7 Å². The molecule has 1 aliphatic rings. The Morgan fingerprint density at radius 2 is 2.33 bits per heavy atom. The maximum absolute atomic E-state index is 12.7. The van der Waals surface area contributed by atoms with Crippen LogP contribution in [0.15, 0.2) is 18.2 Å². The van der Waals surface area contributed by atoms with Gasteiger partial charge in [0.25, 0.3) is 0 Å². The molecule has 3 heteroatoms. The van der Waals surface area contributed by atoms with Crippen molar-refractivity contribution in [3.8, 4) is 0 Å². The van der Waals surface area contributed by atoms with Crippen molar-refractivity contribution >= 4 is 11.6 Å². The molecule has 1 saturated heterocycles. The van der Waals surface area contributed by atoms with Crippen LogP contribution >= 0.6 is 11.6 Å². The minimum Gasteiger partial charge on any atom is -0.373 e. The van der Waals surface area contributed by atoms with Crippen LogP contribution in [0.5, 0.6) is 0 Å². The summed E-state index contributed by atoms with van der Waals surface area (Å²) >= 11 is 5.60. The fourth-order valence-electron chi connectivity index (χ4n) is 1.12. The SMILES string of the molecule is Fc1ccc(CC2CO2)cc1Cl. The van der Waals surface area contributed by atoms with Crippen molar-refractivity contribution in [2.75, 3.05) is 6.61 Å². The average Bonchev–Trinajstić information content (AvgIpc) is 2.81. The molecule has 1 heterocycles. The van der Waals surface area contributed by atoms with Crippen LogP contribution in [0.2, 0.25) is 5.02 Å². The second-order valence-electron chi connectivity index (χ2n) is 2.91. The molecule has 1 fully saturated rings. The Labute approximate surface area is 75.1 Å². The van der Waals surface area contributed by atoms with Gasteiger partial charge in [0.1, 0.15) is 5.82 Å². The molecular weight excluding hydrogens is 179 g/mol. The highest BCUT2D eigenvalue weighted by molar-refractivity contribution is 6.30. The predicted molar refractivity (Wildman–Crippen MR) is 44.9 cm³/mol. The highest BCUT2D eigenvalue weighted by atomic mass is 35.5. The molecule has 1 atom stereocenters. The van der Waals surface area contributed by atoms with Gasteiger partial charge in [0, 0.05) is 6.42 Å². The van der Waals surface area contributed by atoms with E-state index in [9.17, 15) is 4.39 Å². The van der Waals surface area contributed by atoms with Gasteiger partial charge in [-0.3, -0.25) is 0 Å². The minimum absolute atomic E-state index is 0.188. The third-order valence-corrected chi connectivity index (χ3v) is 2.14. The van der Waals surface area contributed by atoms with Gasteiger partial charge in [-0.05, 0) is 17.7 Å². The lowest BCUT2D eigenvalue weighted by molar-refractivity contribution is 0.407. The number of rotatable bonds is 2. The molecule has 0 amide bonds. The summed E-state index contributed by atoms with van der Waals surface area (Å²) in [6.45, 7) is 0.814. The van der Waals surface area contributed by atoms with E-state index in [1.807, 2.05) is 0 Å². The van der Waals surface area contributed by atoms with Crippen molar-refractivity contribution in [3.05, 3.63) is 34.6 Å². The van der Waals surface area contributed by atoms with E-state index < -0.39 is 0 Å². The summed E-state index contributed by atoms with van der Waals surface area (Å²) in [5, 5.41) is 0.188. The van der Waals surface area contributed by atoms with E-state index in [4.69, 9.17) is 16.3 Å². The highest BCUT2D eigenvalue weighted by Crippen LogP contribution is 2.20. The Balaban J connectivity index is 2.15. The predicted octanol–water partition coefficient (Wildman–Crippen LogP) is 2.42. The van der Waals surface area contributed by atoms with E-state index in [1.54, 1.807) is 12.1 Å². The van der Waals surface area contributed by atoms with Crippen molar-refractivity contribution in [2.24, 2.45) is 0 Å². The van der Waals surface area contributed by atoms with Crippen LogP contribution in [-0.2, 0) is 11.2 Å². The van der Waals surface area contributed by atoms with Gasteiger partial charge in [-0.1, -0.05) is 17.7 Å². The number of hydrogen-bond acceptors (Lipinski definition) is 1. The Kier molecular flexibility index (Phi) is 2.03. The van der Waals surface area contributed by atoms with Crippen molar-refractivity contribution < 1.29 is 9.13 Å². The standard InChI is InChI=1S/C9H8ClFO/c10-8-4-6(1-2-9(8)11)3-7-5-12-7/h1-2,4,7H,3,5H2. The Morgan fingerprint density at radius 3 is 2.92 bits per heavy atom. The van der Waals surface area contributed by atoms with Gasteiger partial charge in [-0.2, -0.15) is 0 Å². The monoisotopic (exact) mass is 186 g/mol. The number of hydrogen-bond donors (Lipinski definition) is 0. The van der Waals surface area contributed by atoms with Gasteiger partial charge in [0.05, 0.1) is 17.7 Å². The molecule has 0 spiro atoms. The number of epoxide rings is 1. The molecule has 0 radical (unpaired) electrons. The Hall–Kier alpha value is -0.600. The lowest BCUT2D eigenvalue weighted by Gasteiger charge is -1.98. The zero-order valence-electron chi connectivity index (χ0n) is 6.39. The molecule has 1 aromatic rings. The molecule has 1 aromatic carbocycles. The number of halogens is 2. The molecule has 12 heavy (non-hydrogen) atoms. The zero-order chi connectivity index (χ0) is 8.55. The highest BCUT2D eigenvalue weighted by Gasteiger charge is 2.22. The van der Waals surface area contributed by atoms with Crippen LogP contribution < -0.4 is 0 Å². The van der Waals surface area contributed by atoms with Gasteiger partial charge < -0.3 is 4.74 Å². The van der Waals surface area contributed by atoms with Crippen LogP contribution in [0.25, 0.3) is 0 Å². The fourth-order valence-corrected chi connectivity index (χ4v) is 1.32. The molecule has 0 bridgehead atoms. The molecular formula is C9H8ClFO. The first-order chi connectivity index (χ1) is 5.75. The number of benzene rings is 1. The second kappa shape index (κ2) is 3.04. The van der Waals surface area contributed by atoms with Gasteiger partial charge in [-0.15, -0.1) is 0 Å². The summed E-state index contributed by atoms with van der Waals surface area (Å²) in [4.78, 5) is 0. The average molecular weight is 187 g/mol. The van der Waals surface area contributed by atoms with Crippen LogP contribution in [0, 0.1) is 5.82 Å². The summed E-state index contributed by atoms with van der Waals surface area (Å²) in [6, 6.07) is 4.78. The molecule has 0 aliphatic carbocycles. The smallest absolute Gasteiger partial charge is 0.141 e. The summed E-state index contributed by atoms with van der Waals surface area (Å²) in [6.07, 6.45) is 1.16. The molecule has 1 unspecified atom stereocenters. The molecule has 0 N–H and O–H groups in total. The normalized spacial score (nSPS) is 21.0. The summed E-state index contributed by atoms with van der Waals surface area (Å²) in [5.41, 5.74) is 1.03. The van der Waals surface area contributed by atoms with E-state index in [0.29, 0.717) is 6.10 Å². The van der Waals surface area contributed by atoms with Crippen LogP contribution in [0.4, 0.5) is 4.39 Å². The van der Waals surface area contributed by atoms with Gasteiger partial charge in [0.2, 0.25) is 0 Å². The minimum atomic E-state index is -0.364. The summed E-state index contributed by atoms with van der Waals surface area (Å²) in [5.74, 6) is -0.364. The van der Waals surface area contributed by atoms with Crippen LogP contribution in [0.3, 0.4) is 0 Å². The van der Waals surface area contributed by atoms with Crippen molar-refractivity contribution in [1.29, 1.82) is 0 Å². The van der Waals surface area contributed by atoms with Gasteiger partial charge in [-0.25, -0.2) is 4.39 Å². The first kappa shape index (κ1) is 8.02. The topological polar surface area (TPSA) is 12.5 Å². The molecule has 2 rings (SSSR count). The van der Waals surface area contributed by atoms with Gasteiger partial charge >= 0.3 is 0 Å². The molecule has 1 aliphatic heterocycles. The molecule has 64 valence electrons. The maximum atomic E-state index is 12.7. The lowest BCUT2D eigenvalue weighted by atomic mass is 10.1. The summed E-state index contributed by atoms with van der Waals surface area (Å²) in [7, 11) is 0. The molecule has 1 nitrogen and oxygen atoms in total. The van der Waals surface area contributed by atoms with E-state index in [-0.39, 0.29) is 10.8 Å². The van der Waals surface area contributed by atoms with E-state index in [0.717, 1.165) is 18.6 Å². The fraction of sp³-hybridized carbons (Fsp3) is 0.333. The quantitative estimate of drug-likeness (QED) is 0.647. The van der Waals surface area contributed by atoms with Gasteiger partial charge in [0.15, 0.2) is 0 Å². The zero-order valence-corrected chi connectivity index (χ0v) is 7.14. The van der Waals surface area contributed by atoms with Crippen molar-refractivity contribution in [1.82, 2.24) is 0 Å². The first-order valence-electron chi connectivity index (χ1n) is 3.81. The van der Waals surface area contributed by atoms with Crippen molar-refractivity contribution in [3.63, 3.8) is 0 Å². The van der Waals surface area contributed by atoms with Crippen LogP contribution in [0.1, 0.15) is 5.56 Å². The number of ether oxygens (including phenoxy) is 1. The maximum Gasteiger partial charge on any atom is 0.141 e.